The number of imide groups is 2. The van der Waals surface area contributed by atoms with Crippen molar-refractivity contribution in [2.45, 2.75) is 207 Å². The van der Waals surface area contributed by atoms with Crippen LogP contribution in [0.3, 0.4) is 0 Å². The molecule has 0 aliphatic carbocycles. The average molecular weight is 921 g/mol. The molecular formula is C60H80N4O4. The highest BCUT2D eigenvalue weighted by atomic mass is 16.2. The number of benzene rings is 5. The van der Waals surface area contributed by atoms with Gasteiger partial charge in [-0.25, -0.2) is 0 Å². The molecule has 9 rings (SSSR count). The number of amides is 4. The van der Waals surface area contributed by atoms with E-state index < -0.39 is 0 Å². The predicted molar refractivity (Wildman–Crippen MR) is 283 cm³/mol. The standard InChI is InChI=1S/C60H80N4O4/c1-5-9-13-19-27-41(28-20-14-10-6-2)63-57(65)45-33-31-43-54-50(62-37-25-18-26-38-62)40-48-52-46(58(66)64(60(48)68)42(29-21-15-11-7-3)30-22-16-12-8-4)34-32-44(56(52)54)53-49(61-35-23-17-24-36-61)39-47(59(63)67)51(45)55(43)53/h31-34,39-42H,5-30,35-38H2,1-4H3. The van der Waals surface area contributed by atoms with Crippen LogP contribution >= 0.6 is 0 Å². The summed E-state index contributed by atoms with van der Waals surface area (Å²) in [6.45, 7) is 12.5. The van der Waals surface area contributed by atoms with Crippen LogP contribution in [-0.4, -0.2) is 71.7 Å². The fourth-order valence-corrected chi connectivity index (χ4v) is 12.9. The molecule has 0 saturated carbocycles. The first-order valence-corrected chi connectivity index (χ1v) is 27.9. The molecule has 8 nitrogen and oxygen atoms in total. The summed E-state index contributed by atoms with van der Waals surface area (Å²) in [5, 5.41) is 7.60. The molecular weight excluding hydrogens is 841 g/mol. The minimum absolute atomic E-state index is 0.137. The van der Waals surface area contributed by atoms with Crippen molar-refractivity contribution in [2.24, 2.45) is 0 Å². The minimum Gasteiger partial charge on any atom is -0.371 e. The fraction of sp³-hybridized carbons (Fsp3) is 0.600. The van der Waals surface area contributed by atoms with E-state index in [0.29, 0.717) is 22.3 Å². The Balaban J connectivity index is 1.27. The van der Waals surface area contributed by atoms with E-state index in [1.807, 2.05) is 12.1 Å². The predicted octanol–water partition coefficient (Wildman–Crippen LogP) is 15.5. The number of anilines is 2. The second-order valence-corrected chi connectivity index (χ2v) is 21.2. The van der Waals surface area contributed by atoms with Gasteiger partial charge in [0, 0.05) is 93.1 Å². The number of nitrogens with zero attached hydrogens (tertiary/aromatic N) is 4. The van der Waals surface area contributed by atoms with Gasteiger partial charge < -0.3 is 9.80 Å². The molecule has 4 amide bonds. The Labute approximate surface area is 406 Å². The topological polar surface area (TPSA) is 81.2 Å². The largest absolute Gasteiger partial charge is 0.371 e. The molecule has 364 valence electrons. The first-order chi connectivity index (χ1) is 33.3. The number of hydrogen-bond donors (Lipinski definition) is 0. The molecule has 0 atom stereocenters. The van der Waals surface area contributed by atoms with Crippen LogP contribution in [0, 0.1) is 0 Å². The Morgan fingerprint density at radius 3 is 1.01 bits per heavy atom. The number of rotatable bonds is 24. The summed E-state index contributed by atoms with van der Waals surface area (Å²) in [5.41, 5.74) is 4.61. The van der Waals surface area contributed by atoms with Crippen LogP contribution in [0.5, 0.6) is 0 Å². The first kappa shape index (κ1) is 48.3. The van der Waals surface area contributed by atoms with Gasteiger partial charge in [0.15, 0.2) is 0 Å². The minimum atomic E-state index is -0.163. The summed E-state index contributed by atoms with van der Waals surface area (Å²) < 4.78 is 0. The highest BCUT2D eigenvalue weighted by Crippen LogP contribution is 2.53. The van der Waals surface area contributed by atoms with Crippen LogP contribution in [0.15, 0.2) is 36.4 Å². The summed E-state index contributed by atoms with van der Waals surface area (Å²) in [6.07, 6.45) is 27.7. The third-order valence-electron chi connectivity index (χ3n) is 16.5. The Bertz CT molecular complexity index is 2420. The van der Waals surface area contributed by atoms with Gasteiger partial charge >= 0.3 is 0 Å². The summed E-state index contributed by atoms with van der Waals surface area (Å²) in [6, 6.07) is 12.4. The van der Waals surface area contributed by atoms with E-state index in [2.05, 4.69) is 61.8 Å². The van der Waals surface area contributed by atoms with Gasteiger partial charge in [-0.2, -0.15) is 0 Å². The maximum atomic E-state index is 15.4. The summed E-state index contributed by atoms with van der Waals surface area (Å²) in [4.78, 5) is 69.6. The lowest BCUT2D eigenvalue weighted by molar-refractivity contribution is 0.0501. The van der Waals surface area contributed by atoms with Crippen molar-refractivity contribution in [3.63, 3.8) is 0 Å². The Kier molecular flexibility index (Phi) is 15.6. The van der Waals surface area contributed by atoms with Crippen molar-refractivity contribution in [3.05, 3.63) is 58.7 Å². The first-order valence-electron chi connectivity index (χ1n) is 27.9. The number of hydrogen-bond acceptors (Lipinski definition) is 6. The van der Waals surface area contributed by atoms with Gasteiger partial charge in [0.25, 0.3) is 23.6 Å². The molecule has 4 aliphatic heterocycles. The summed E-state index contributed by atoms with van der Waals surface area (Å²) in [7, 11) is 0. The fourth-order valence-electron chi connectivity index (χ4n) is 12.9. The van der Waals surface area contributed by atoms with Crippen LogP contribution in [0.1, 0.15) is 236 Å². The third-order valence-corrected chi connectivity index (χ3v) is 16.5. The molecule has 8 heteroatoms. The molecule has 2 fully saturated rings. The van der Waals surface area contributed by atoms with Crippen LogP contribution in [0.25, 0.3) is 43.1 Å². The van der Waals surface area contributed by atoms with Gasteiger partial charge in [0.05, 0.1) is 11.1 Å². The van der Waals surface area contributed by atoms with Crippen molar-refractivity contribution >= 4 is 78.1 Å². The molecule has 4 heterocycles. The zero-order valence-corrected chi connectivity index (χ0v) is 42.3. The van der Waals surface area contributed by atoms with Crippen LogP contribution in [-0.2, 0) is 0 Å². The molecule has 5 aromatic carbocycles. The maximum absolute atomic E-state index is 15.4. The second-order valence-electron chi connectivity index (χ2n) is 21.2. The van der Waals surface area contributed by atoms with Crippen molar-refractivity contribution in [2.75, 3.05) is 36.0 Å². The molecule has 0 bridgehead atoms. The number of piperidine rings is 2. The molecule has 0 N–H and O–H groups in total. The van der Waals surface area contributed by atoms with Gasteiger partial charge in [0.1, 0.15) is 0 Å². The lowest BCUT2D eigenvalue weighted by Crippen LogP contribution is -2.47. The van der Waals surface area contributed by atoms with E-state index >= 15 is 19.2 Å². The van der Waals surface area contributed by atoms with Crippen LogP contribution in [0.2, 0.25) is 0 Å². The number of unbranched alkanes of at least 4 members (excludes halogenated alkanes) is 12. The molecule has 68 heavy (non-hydrogen) atoms. The molecule has 0 spiro atoms. The lowest BCUT2D eigenvalue weighted by Gasteiger charge is -2.38. The zero-order chi connectivity index (χ0) is 47.3. The lowest BCUT2D eigenvalue weighted by atomic mass is 9.80. The third kappa shape index (κ3) is 9.00. The van der Waals surface area contributed by atoms with E-state index in [-0.39, 0.29) is 35.7 Å². The molecule has 0 radical (unpaired) electrons. The van der Waals surface area contributed by atoms with Crippen molar-refractivity contribution in [1.82, 2.24) is 9.80 Å². The van der Waals surface area contributed by atoms with Gasteiger partial charge in [0.2, 0.25) is 0 Å². The Hall–Kier alpha value is -4.72. The monoisotopic (exact) mass is 921 g/mol. The smallest absolute Gasteiger partial charge is 0.261 e. The van der Waals surface area contributed by atoms with E-state index in [9.17, 15) is 0 Å². The normalized spacial score (nSPS) is 16.8. The SMILES string of the molecule is CCCCCCC(CCCCCC)N1C(=O)c2ccc3c4c(N5CCCCC5)cc5c6c(ccc(c7c(N8CCCCC8)cc(c2c37)C1=O)c64)C(=O)N(C(CCCCCC)CCCCCC)C5=O. The highest BCUT2D eigenvalue weighted by Gasteiger charge is 2.42. The van der Waals surface area contributed by atoms with Gasteiger partial charge in [-0.3, -0.25) is 29.0 Å². The van der Waals surface area contributed by atoms with Gasteiger partial charge in [-0.15, -0.1) is 0 Å². The van der Waals surface area contributed by atoms with Crippen molar-refractivity contribution in [1.29, 1.82) is 0 Å². The molecule has 2 saturated heterocycles. The number of carbonyl (C=O) groups excluding carboxylic acids is 4. The Morgan fingerprint density at radius 1 is 0.368 bits per heavy atom. The molecule has 0 unspecified atom stereocenters. The molecule has 0 aromatic heterocycles. The second kappa shape index (κ2) is 21.9. The van der Waals surface area contributed by atoms with Gasteiger partial charge in [-0.1, -0.05) is 143 Å². The van der Waals surface area contributed by atoms with E-state index in [4.69, 9.17) is 0 Å². The molecule has 5 aromatic rings. The summed E-state index contributed by atoms with van der Waals surface area (Å²) >= 11 is 0. The quantitative estimate of drug-likeness (QED) is 0.0265. The van der Waals surface area contributed by atoms with Crippen LogP contribution in [0.4, 0.5) is 11.4 Å². The average Bonchev–Trinajstić information content (AvgIpc) is 3.36. The zero-order valence-electron chi connectivity index (χ0n) is 42.3. The Morgan fingerprint density at radius 2 is 0.691 bits per heavy atom. The maximum Gasteiger partial charge on any atom is 0.261 e. The number of fused-ring (bicyclic) bond motifs is 2. The summed E-state index contributed by atoms with van der Waals surface area (Å²) in [5.74, 6) is -0.626. The van der Waals surface area contributed by atoms with Crippen molar-refractivity contribution < 1.29 is 19.2 Å². The van der Waals surface area contributed by atoms with Crippen LogP contribution < -0.4 is 9.80 Å². The van der Waals surface area contributed by atoms with Crippen molar-refractivity contribution in [3.8, 4) is 0 Å². The molecule has 4 aliphatic rings. The number of carbonyl (C=O) groups is 4. The highest BCUT2D eigenvalue weighted by molar-refractivity contribution is 6.44. The van der Waals surface area contributed by atoms with E-state index in [1.54, 1.807) is 9.80 Å². The van der Waals surface area contributed by atoms with Gasteiger partial charge in [-0.05, 0) is 99.2 Å². The van der Waals surface area contributed by atoms with E-state index in [0.717, 1.165) is 235 Å². The van der Waals surface area contributed by atoms with E-state index in [1.165, 1.54) is 12.8 Å².